The number of likely N-dealkylation sites (tertiary alicyclic amines) is 1. The number of hydrogen-bond acceptors (Lipinski definition) is 5. The lowest BCUT2D eigenvalue weighted by Crippen LogP contribution is -2.49. The predicted molar refractivity (Wildman–Crippen MR) is 101 cm³/mol. The van der Waals surface area contributed by atoms with Gasteiger partial charge >= 0.3 is 0 Å². The van der Waals surface area contributed by atoms with E-state index >= 15 is 0 Å². The van der Waals surface area contributed by atoms with Crippen molar-refractivity contribution in [3.8, 4) is 0 Å². The zero-order valence-corrected chi connectivity index (χ0v) is 15.8. The Hall–Kier alpha value is -2.45. The maximum Gasteiger partial charge on any atom is 0.251 e. The molecule has 3 heterocycles. The van der Waals surface area contributed by atoms with Gasteiger partial charge in [0, 0.05) is 50.1 Å². The highest BCUT2D eigenvalue weighted by Crippen LogP contribution is 2.31. The zero-order chi connectivity index (χ0) is 19.6. The second-order valence-corrected chi connectivity index (χ2v) is 7.37. The molecule has 3 saturated heterocycles. The lowest BCUT2D eigenvalue weighted by atomic mass is 10.0. The van der Waals surface area contributed by atoms with Gasteiger partial charge in [-0.1, -0.05) is 0 Å². The summed E-state index contributed by atoms with van der Waals surface area (Å²) < 4.78 is 11.3. The van der Waals surface area contributed by atoms with E-state index in [0.717, 1.165) is 12.1 Å². The van der Waals surface area contributed by atoms with E-state index in [9.17, 15) is 14.4 Å². The Kier molecular flexibility index (Phi) is 5.32. The van der Waals surface area contributed by atoms with E-state index in [-0.39, 0.29) is 24.3 Å². The number of rotatable bonds is 4. The second-order valence-electron chi connectivity index (χ2n) is 7.37. The van der Waals surface area contributed by atoms with E-state index in [0.29, 0.717) is 57.7 Å². The molecule has 1 N–H and O–H groups in total. The second kappa shape index (κ2) is 7.89. The van der Waals surface area contributed by atoms with Crippen molar-refractivity contribution in [2.24, 2.45) is 0 Å². The molecule has 1 spiro atoms. The molecule has 1 aromatic rings. The van der Waals surface area contributed by atoms with Crippen LogP contribution in [0.4, 0.5) is 5.69 Å². The van der Waals surface area contributed by atoms with Crippen LogP contribution in [-0.4, -0.2) is 67.8 Å². The minimum Gasteiger partial charge on any atom is -0.347 e. The molecule has 0 radical (unpaired) electrons. The Morgan fingerprint density at radius 3 is 2.32 bits per heavy atom. The number of benzene rings is 1. The molecule has 0 bridgehead atoms. The number of carbonyl (C=O) groups excluding carboxylic acids is 3. The fraction of sp³-hybridized carbons (Fsp3) is 0.550. The smallest absolute Gasteiger partial charge is 0.251 e. The molecule has 8 heteroatoms. The monoisotopic (exact) mass is 387 g/mol. The summed E-state index contributed by atoms with van der Waals surface area (Å²) in [4.78, 5) is 40.0. The van der Waals surface area contributed by atoms with Crippen LogP contribution in [0.2, 0.25) is 0 Å². The van der Waals surface area contributed by atoms with Crippen LogP contribution in [0.1, 0.15) is 36.0 Å². The maximum atomic E-state index is 12.4. The summed E-state index contributed by atoms with van der Waals surface area (Å²) in [6.07, 6.45) is 2.74. The van der Waals surface area contributed by atoms with Crippen LogP contribution < -0.4 is 10.2 Å². The van der Waals surface area contributed by atoms with Crippen LogP contribution >= 0.6 is 0 Å². The molecule has 3 aliphatic heterocycles. The molecule has 28 heavy (non-hydrogen) atoms. The lowest BCUT2D eigenvalue weighted by molar-refractivity contribution is -0.187. The molecule has 0 saturated carbocycles. The molecule has 8 nitrogen and oxygen atoms in total. The van der Waals surface area contributed by atoms with Gasteiger partial charge < -0.3 is 24.6 Å². The van der Waals surface area contributed by atoms with Crippen LogP contribution in [0.5, 0.6) is 0 Å². The van der Waals surface area contributed by atoms with Crippen LogP contribution in [0.15, 0.2) is 24.3 Å². The van der Waals surface area contributed by atoms with Gasteiger partial charge in [0.2, 0.25) is 11.8 Å². The third kappa shape index (κ3) is 3.88. The van der Waals surface area contributed by atoms with E-state index in [4.69, 9.17) is 9.47 Å². The Bertz CT molecular complexity index is 748. The molecular formula is C20H25N3O5. The van der Waals surface area contributed by atoms with Crippen LogP contribution in [-0.2, 0) is 19.1 Å². The number of piperidine rings is 1. The van der Waals surface area contributed by atoms with Crippen molar-refractivity contribution >= 4 is 23.4 Å². The molecule has 1 aromatic carbocycles. The molecule has 0 unspecified atom stereocenters. The first-order valence-electron chi connectivity index (χ1n) is 9.81. The van der Waals surface area contributed by atoms with Crippen molar-refractivity contribution in [1.29, 1.82) is 0 Å². The lowest BCUT2D eigenvalue weighted by Gasteiger charge is -2.37. The number of ether oxygens (including phenoxy) is 2. The number of nitrogens with one attached hydrogen (secondary N) is 1. The highest BCUT2D eigenvalue weighted by molar-refractivity contribution is 5.98. The summed E-state index contributed by atoms with van der Waals surface area (Å²) in [7, 11) is 0. The van der Waals surface area contributed by atoms with Crippen molar-refractivity contribution in [1.82, 2.24) is 10.2 Å². The highest BCUT2D eigenvalue weighted by Gasteiger charge is 2.40. The summed E-state index contributed by atoms with van der Waals surface area (Å²) in [5.74, 6) is -0.818. The van der Waals surface area contributed by atoms with Gasteiger partial charge in [-0.25, -0.2) is 0 Å². The molecule has 150 valence electrons. The number of hydrogen-bond donors (Lipinski definition) is 1. The summed E-state index contributed by atoms with van der Waals surface area (Å²) in [6, 6.07) is 6.90. The molecule has 4 rings (SSSR count). The van der Waals surface area contributed by atoms with E-state index in [1.165, 1.54) is 0 Å². The van der Waals surface area contributed by atoms with Gasteiger partial charge in [-0.15, -0.1) is 0 Å². The van der Waals surface area contributed by atoms with E-state index < -0.39 is 5.79 Å². The molecule has 0 aromatic heterocycles. The van der Waals surface area contributed by atoms with Crippen molar-refractivity contribution < 1.29 is 23.9 Å². The van der Waals surface area contributed by atoms with E-state index in [2.05, 4.69) is 5.32 Å². The standard InChI is InChI=1S/C20H25N3O5/c24-17-2-1-9-23(17)16-5-3-15(4-6-16)19(26)21-14-18(25)22-10-7-20(8-11-22)27-12-13-28-20/h3-6H,1-2,7-14H2,(H,21,26). The quantitative estimate of drug-likeness (QED) is 0.830. The number of carbonyl (C=O) groups is 3. The number of nitrogens with zero attached hydrogens (tertiary/aromatic N) is 2. The van der Waals surface area contributed by atoms with E-state index in [1.807, 2.05) is 0 Å². The third-order valence-corrected chi connectivity index (χ3v) is 5.61. The first-order chi connectivity index (χ1) is 13.6. The number of anilines is 1. The average Bonchev–Trinajstić information content (AvgIpc) is 3.36. The largest absolute Gasteiger partial charge is 0.347 e. The average molecular weight is 387 g/mol. The topological polar surface area (TPSA) is 88.2 Å². The SMILES string of the molecule is O=C(NCC(=O)N1CCC2(CC1)OCCO2)c1ccc(N2CCCC2=O)cc1. The summed E-state index contributed by atoms with van der Waals surface area (Å²) in [5, 5.41) is 2.68. The van der Waals surface area contributed by atoms with E-state index in [1.54, 1.807) is 34.1 Å². The van der Waals surface area contributed by atoms with Gasteiger partial charge in [0.1, 0.15) is 0 Å². The zero-order valence-electron chi connectivity index (χ0n) is 15.8. The van der Waals surface area contributed by atoms with Gasteiger partial charge in [-0.3, -0.25) is 14.4 Å². The summed E-state index contributed by atoms with van der Waals surface area (Å²) in [6.45, 7) is 3.01. The van der Waals surface area contributed by atoms with Gasteiger partial charge in [-0.05, 0) is 30.7 Å². The summed E-state index contributed by atoms with van der Waals surface area (Å²) in [5.41, 5.74) is 1.27. The van der Waals surface area contributed by atoms with Crippen molar-refractivity contribution in [2.75, 3.05) is 44.3 Å². The minimum absolute atomic E-state index is 0.0418. The fourth-order valence-corrected chi connectivity index (χ4v) is 3.97. The van der Waals surface area contributed by atoms with Crippen molar-refractivity contribution in [3.63, 3.8) is 0 Å². The van der Waals surface area contributed by atoms with Crippen molar-refractivity contribution in [3.05, 3.63) is 29.8 Å². The Morgan fingerprint density at radius 1 is 1.04 bits per heavy atom. The van der Waals surface area contributed by atoms with Gasteiger partial charge in [0.15, 0.2) is 5.79 Å². The fourth-order valence-electron chi connectivity index (χ4n) is 3.97. The van der Waals surface area contributed by atoms with Crippen molar-refractivity contribution in [2.45, 2.75) is 31.5 Å². The highest BCUT2D eigenvalue weighted by atomic mass is 16.7. The number of amides is 3. The Balaban J connectivity index is 1.26. The predicted octanol–water partition coefficient (Wildman–Crippen LogP) is 0.909. The summed E-state index contributed by atoms with van der Waals surface area (Å²) >= 11 is 0. The minimum atomic E-state index is -0.515. The normalized spacial score (nSPS) is 21.4. The molecule has 3 fully saturated rings. The van der Waals surface area contributed by atoms with Gasteiger partial charge in [-0.2, -0.15) is 0 Å². The molecule has 0 aliphatic carbocycles. The first kappa shape index (κ1) is 18.9. The molecular weight excluding hydrogens is 362 g/mol. The van der Waals surface area contributed by atoms with Crippen LogP contribution in [0.3, 0.4) is 0 Å². The van der Waals surface area contributed by atoms with Gasteiger partial charge in [0.05, 0.1) is 19.8 Å². The molecule has 0 atom stereocenters. The van der Waals surface area contributed by atoms with Crippen LogP contribution in [0.25, 0.3) is 0 Å². The first-order valence-corrected chi connectivity index (χ1v) is 9.81. The third-order valence-electron chi connectivity index (χ3n) is 5.61. The molecule has 3 amide bonds. The van der Waals surface area contributed by atoms with Gasteiger partial charge in [0.25, 0.3) is 5.91 Å². The maximum absolute atomic E-state index is 12.4. The molecule has 3 aliphatic rings. The Morgan fingerprint density at radius 2 is 1.71 bits per heavy atom. The Labute approximate surface area is 163 Å². The van der Waals surface area contributed by atoms with Crippen LogP contribution in [0, 0.1) is 0 Å².